The highest BCUT2D eigenvalue weighted by Crippen LogP contribution is 2.22. The van der Waals surface area contributed by atoms with Gasteiger partial charge in [-0.05, 0) is 36.4 Å². The fourth-order valence-electron chi connectivity index (χ4n) is 2.12. The summed E-state index contributed by atoms with van der Waals surface area (Å²) < 4.78 is 1.76. The van der Waals surface area contributed by atoms with E-state index in [1.165, 1.54) is 11.8 Å². The number of aromatic nitrogens is 3. The minimum Gasteiger partial charge on any atom is -0.325 e. The predicted molar refractivity (Wildman–Crippen MR) is 96.9 cm³/mol. The van der Waals surface area contributed by atoms with E-state index in [1.54, 1.807) is 47.3 Å². The highest BCUT2D eigenvalue weighted by atomic mass is 35.5. The molecule has 124 valence electrons. The third-order valence-corrected chi connectivity index (χ3v) is 4.39. The smallest absolute Gasteiger partial charge is 0.234 e. The van der Waals surface area contributed by atoms with Crippen molar-refractivity contribution in [3.05, 3.63) is 65.4 Å². The number of hydrogen-bond acceptors (Lipinski definition) is 5. The number of halogens is 1. The van der Waals surface area contributed by atoms with Crippen LogP contribution < -0.4 is 5.32 Å². The number of amides is 1. The van der Waals surface area contributed by atoms with Gasteiger partial charge in [0.15, 0.2) is 5.16 Å². The Hall–Kier alpha value is -2.82. The van der Waals surface area contributed by atoms with Crippen molar-refractivity contribution in [2.24, 2.45) is 0 Å². The third-order valence-electron chi connectivity index (χ3n) is 3.21. The number of rotatable bonds is 5. The molecule has 1 heterocycles. The van der Waals surface area contributed by atoms with Crippen LogP contribution in [-0.4, -0.2) is 26.4 Å². The standard InChI is InChI=1S/C17H12ClN5OS/c18-13-4-2-6-15(8-13)23-11-20-22-17(23)25-10-16(24)21-14-5-1-3-12(7-14)9-19/h1-8,11H,10H2,(H,21,24). The Bertz CT molecular complexity index is 950. The summed E-state index contributed by atoms with van der Waals surface area (Å²) in [5.41, 5.74) is 1.90. The zero-order chi connectivity index (χ0) is 17.6. The molecule has 0 aliphatic carbocycles. The van der Waals surface area contributed by atoms with Gasteiger partial charge in [-0.3, -0.25) is 9.36 Å². The van der Waals surface area contributed by atoms with E-state index in [2.05, 4.69) is 15.5 Å². The van der Waals surface area contributed by atoms with Crippen LogP contribution in [0.25, 0.3) is 5.69 Å². The van der Waals surface area contributed by atoms with E-state index in [1.807, 2.05) is 18.2 Å². The van der Waals surface area contributed by atoms with Crippen LogP contribution >= 0.6 is 23.4 Å². The van der Waals surface area contributed by atoms with E-state index < -0.39 is 0 Å². The van der Waals surface area contributed by atoms with E-state index in [0.29, 0.717) is 21.4 Å². The Morgan fingerprint density at radius 3 is 2.92 bits per heavy atom. The van der Waals surface area contributed by atoms with E-state index in [-0.39, 0.29) is 11.7 Å². The molecule has 8 heteroatoms. The number of anilines is 1. The van der Waals surface area contributed by atoms with Gasteiger partial charge in [-0.2, -0.15) is 5.26 Å². The van der Waals surface area contributed by atoms with Crippen molar-refractivity contribution < 1.29 is 4.79 Å². The van der Waals surface area contributed by atoms with Gasteiger partial charge in [0.25, 0.3) is 0 Å². The molecule has 0 unspecified atom stereocenters. The average molecular weight is 370 g/mol. The summed E-state index contributed by atoms with van der Waals surface area (Å²) in [6.07, 6.45) is 1.57. The fourth-order valence-corrected chi connectivity index (χ4v) is 3.03. The Morgan fingerprint density at radius 1 is 1.28 bits per heavy atom. The van der Waals surface area contributed by atoms with Crippen LogP contribution in [-0.2, 0) is 4.79 Å². The summed E-state index contributed by atoms with van der Waals surface area (Å²) in [7, 11) is 0. The van der Waals surface area contributed by atoms with E-state index >= 15 is 0 Å². The second-order valence-corrected chi connectivity index (χ2v) is 6.37. The average Bonchev–Trinajstić information content (AvgIpc) is 3.09. The lowest BCUT2D eigenvalue weighted by molar-refractivity contribution is -0.113. The molecule has 1 N–H and O–H groups in total. The summed E-state index contributed by atoms with van der Waals surface area (Å²) in [6, 6.07) is 16.1. The molecule has 0 saturated heterocycles. The first-order valence-electron chi connectivity index (χ1n) is 7.24. The topological polar surface area (TPSA) is 83.6 Å². The minimum absolute atomic E-state index is 0.163. The van der Waals surface area contributed by atoms with Crippen LogP contribution in [0.5, 0.6) is 0 Å². The molecule has 1 amide bonds. The number of nitrogens with one attached hydrogen (secondary N) is 1. The van der Waals surface area contributed by atoms with Crippen molar-refractivity contribution in [1.29, 1.82) is 5.26 Å². The van der Waals surface area contributed by atoms with Gasteiger partial charge < -0.3 is 5.32 Å². The van der Waals surface area contributed by atoms with Crippen LogP contribution in [0.4, 0.5) is 5.69 Å². The Balaban J connectivity index is 1.65. The van der Waals surface area contributed by atoms with Gasteiger partial charge in [-0.15, -0.1) is 10.2 Å². The zero-order valence-electron chi connectivity index (χ0n) is 12.9. The molecule has 1 aromatic heterocycles. The van der Waals surface area contributed by atoms with Gasteiger partial charge in [0.2, 0.25) is 5.91 Å². The Kier molecular flexibility index (Phi) is 5.33. The SMILES string of the molecule is N#Cc1cccc(NC(=O)CSc2nncn2-c2cccc(Cl)c2)c1. The van der Waals surface area contributed by atoms with Crippen molar-refractivity contribution in [1.82, 2.24) is 14.8 Å². The maximum absolute atomic E-state index is 12.1. The quantitative estimate of drug-likeness (QED) is 0.695. The molecule has 25 heavy (non-hydrogen) atoms. The first-order chi connectivity index (χ1) is 12.2. The van der Waals surface area contributed by atoms with Crippen LogP contribution in [0, 0.1) is 11.3 Å². The lowest BCUT2D eigenvalue weighted by Gasteiger charge is -2.07. The highest BCUT2D eigenvalue weighted by Gasteiger charge is 2.11. The molecule has 0 aliphatic heterocycles. The van der Waals surface area contributed by atoms with Crippen molar-refractivity contribution >= 4 is 35.0 Å². The van der Waals surface area contributed by atoms with Gasteiger partial charge in [-0.25, -0.2) is 0 Å². The highest BCUT2D eigenvalue weighted by molar-refractivity contribution is 7.99. The first kappa shape index (κ1) is 17.0. The number of hydrogen-bond donors (Lipinski definition) is 1. The molecule has 3 aromatic rings. The monoisotopic (exact) mass is 369 g/mol. The summed E-state index contributed by atoms with van der Waals surface area (Å²) in [4.78, 5) is 12.1. The molecule has 0 saturated carbocycles. The van der Waals surface area contributed by atoms with Crippen molar-refractivity contribution in [2.45, 2.75) is 5.16 Å². The number of carbonyl (C=O) groups is 1. The Morgan fingerprint density at radius 2 is 2.12 bits per heavy atom. The van der Waals surface area contributed by atoms with Crippen LogP contribution in [0.1, 0.15) is 5.56 Å². The molecule has 2 aromatic carbocycles. The number of thioether (sulfide) groups is 1. The molecule has 0 radical (unpaired) electrons. The number of benzene rings is 2. The largest absolute Gasteiger partial charge is 0.325 e. The van der Waals surface area contributed by atoms with Gasteiger partial charge in [0, 0.05) is 10.7 Å². The summed E-state index contributed by atoms with van der Waals surface area (Å²) in [6.45, 7) is 0. The van der Waals surface area contributed by atoms with E-state index in [4.69, 9.17) is 16.9 Å². The maximum atomic E-state index is 12.1. The normalized spacial score (nSPS) is 10.2. The van der Waals surface area contributed by atoms with Gasteiger partial charge >= 0.3 is 0 Å². The fraction of sp³-hybridized carbons (Fsp3) is 0.0588. The maximum Gasteiger partial charge on any atom is 0.234 e. The minimum atomic E-state index is -0.194. The number of carbonyl (C=O) groups excluding carboxylic acids is 1. The van der Waals surface area contributed by atoms with Crippen molar-refractivity contribution in [3.8, 4) is 11.8 Å². The first-order valence-corrected chi connectivity index (χ1v) is 8.61. The summed E-state index contributed by atoms with van der Waals surface area (Å²) in [5.74, 6) is -0.0310. The second-order valence-electron chi connectivity index (χ2n) is 4.99. The summed E-state index contributed by atoms with van der Waals surface area (Å²) in [5, 5.41) is 20.8. The van der Waals surface area contributed by atoms with E-state index in [9.17, 15) is 4.79 Å². The lowest BCUT2D eigenvalue weighted by atomic mass is 10.2. The molecule has 0 aliphatic rings. The van der Waals surface area contributed by atoms with Gasteiger partial charge in [0.05, 0.1) is 23.1 Å². The van der Waals surface area contributed by atoms with Gasteiger partial charge in [0.1, 0.15) is 6.33 Å². The predicted octanol–water partition coefficient (Wildman–Crippen LogP) is 3.52. The molecule has 3 rings (SSSR count). The van der Waals surface area contributed by atoms with Crippen LogP contribution in [0.2, 0.25) is 5.02 Å². The van der Waals surface area contributed by atoms with Crippen molar-refractivity contribution in [2.75, 3.05) is 11.1 Å². The summed E-state index contributed by atoms with van der Waals surface area (Å²) >= 11 is 7.27. The molecular weight excluding hydrogens is 358 g/mol. The molecule has 0 fully saturated rings. The number of nitriles is 1. The second kappa shape index (κ2) is 7.83. The number of nitrogens with zero attached hydrogens (tertiary/aromatic N) is 4. The molecule has 0 atom stereocenters. The molecule has 6 nitrogen and oxygen atoms in total. The van der Waals surface area contributed by atoms with Crippen molar-refractivity contribution in [3.63, 3.8) is 0 Å². The molecule has 0 spiro atoms. The molecule has 0 bridgehead atoms. The van der Waals surface area contributed by atoms with Gasteiger partial charge in [-0.1, -0.05) is 35.5 Å². The Labute approximate surface area is 153 Å². The zero-order valence-corrected chi connectivity index (χ0v) is 14.5. The molecular formula is C17H12ClN5OS. The van der Waals surface area contributed by atoms with Crippen LogP contribution in [0.15, 0.2) is 60.0 Å². The van der Waals surface area contributed by atoms with E-state index in [0.717, 1.165) is 5.69 Å². The lowest BCUT2D eigenvalue weighted by Crippen LogP contribution is -2.14. The third kappa shape index (κ3) is 4.38. The van der Waals surface area contributed by atoms with Crippen LogP contribution in [0.3, 0.4) is 0 Å².